The fourth-order valence-corrected chi connectivity index (χ4v) is 6.09. The summed E-state index contributed by atoms with van der Waals surface area (Å²) in [6, 6.07) is 0. The molecule has 0 aromatic rings. The van der Waals surface area contributed by atoms with Crippen LogP contribution >= 0.6 is 0 Å². The van der Waals surface area contributed by atoms with E-state index in [2.05, 4.69) is 13.8 Å². The van der Waals surface area contributed by atoms with Gasteiger partial charge >= 0.3 is 0 Å². The second-order valence-electron chi connectivity index (χ2n) is 13.0. The van der Waals surface area contributed by atoms with Crippen molar-refractivity contribution in [1.29, 1.82) is 0 Å². The average molecular weight is 601 g/mol. The van der Waals surface area contributed by atoms with Crippen LogP contribution in [0.25, 0.3) is 0 Å². The Bertz CT molecular complexity index is 616. The first-order chi connectivity index (χ1) is 20.5. The van der Waals surface area contributed by atoms with Crippen LogP contribution in [0.3, 0.4) is 0 Å². The summed E-state index contributed by atoms with van der Waals surface area (Å²) in [7, 11) is 0. The number of aliphatic hydroxyl groups is 1. The van der Waals surface area contributed by atoms with Crippen molar-refractivity contribution in [2.75, 3.05) is 33.0 Å². The summed E-state index contributed by atoms with van der Waals surface area (Å²) in [4.78, 5) is 0. The van der Waals surface area contributed by atoms with Gasteiger partial charge < -0.3 is 33.5 Å². The molecule has 2 aliphatic rings. The molecule has 0 aromatic heterocycles. The maximum absolute atomic E-state index is 9.44. The number of hydrogen-bond acceptors (Lipinski definition) is 7. The van der Waals surface area contributed by atoms with Crippen LogP contribution in [0.4, 0.5) is 0 Å². The van der Waals surface area contributed by atoms with Crippen molar-refractivity contribution in [3.8, 4) is 0 Å². The predicted octanol–water partition coefficient (Wildman–Crippen LogP) is 8.48. The molecular formula is C35H68O7. The lowest BCUT2D eigenvalue weighted by Crippen LogP contribution is -2.66. The molecule has 2 fully saturated rings. The van der Waals surface area contributed by atoms with Crippen LogP contribution in [0.15, 0.2) is 0 Å². The maximum Gasteiger partial charge on any atom is 0.187 e. The molecule has 0 amide bonds. The van der Waals surface area contributed by atoms with Crippen molar-refractivity contribution in [2.45, 2.75) is 193 Å². The van der Waals surface area contributed by atoms with Crippen molar-refractivity contribution in [3.05, 3.63) is 0 Å². The van der Waals surface area contributed by atoms with Gasteiger partial charge in [0.15, 0.2) is 12.1 Å². The number of ether oxygens (including phenoxy) is 6. The Hall–Kier alpha value is -0.280. The van der Waals surface area contributed by atoms with E-state index in [0.29, 0.717) is 19.8 Å². The minimum Gasteiger partial charge on any atom is -0.394 e. The second-order valence-corrected chi connectivity index (χ2v) is 13.0. The van der Waals surface area contributed by atoms with E-state index < -0.39 is 18.2 Å². The van der Waals surface area contributed by atoms with Gasteiger partial charge in [0.1, 0.15) is 24.4 Å². The van der Waals surface area contributed by atoms with Crippen LogP contribution in [-0.4, -0.2) is 74.6 Å². The first-order valence-electron chi connectivity index (χ1n) is 17.9. The van der Waals surface area contributed by atoms with Crippen LogP contribution in [0.2, 0.25) is 0 Å². The summed E-state index contributed by atoms with van der Waals surface area (Å²) in [6.07, 6.45) is 23.9. The highest BCUT2D eigenvalue weighted by Crippen LogP contribution is 2.35. The summed E-state index contributed by atoms with van der Waals surface area (Å²) < 4.78 is 37.6. The summed E-state index contributed by atoms with van der Waals surface area (Å²) in [5.41, 5.74) is 0. The first kappa shape index (κ1) is 37.9. The van der Waals surface area contributed by atoms with Crippen LogP contribution in [0.5, 0.6) is 0 Å². The van der Waals surface area contributed by atoms with Gasteiger partial charge in [-0.25, -0.2) is 0 Å². The van der Waals surface area contributed by atoms with E-state index in [1.807, 2.05) is 13.8 Å². The lowest BCUT2D eigenvalue weighted by atomic mass is 9.96. The molecule has 42 heavy (non-hydrogen) atoms. The zero-order valence-corrected chi connectivity index (χ0v) is 28.0. The number of rotatable bonds is 27. The van der Waals surface area contributed by atoms with E-state index in [1.165, 1.54) is 109 Å². The smallest absolute Gasteiger partial charge is 0.187 e. The molecule has 0 spiro atoms. The standard InChI is InChI=1S/C35H68O7/c1-5-7-9-11-13-15-17-19-21-23-26-37-32-31-30(29-40-35(3,4)42-31)41-34(39-28-25-36)33(32)38-27-24-22-20-18-16-14-12-10-8-6-2/h30-34,36H,5-29H2,1-4H3/t30-,31-,32+,33-,34+/m1/s1. The fraction of sp³-hybridized carbons (Fsp3) is 1.00. The van der Waals surface area contributed by atoms with Gasteiger partial charge in [-0.3, -0.25) is 0 Å². The van der Waals surface area contributed by atoms with Gasteiger partial charge in [-0.1, -0.05) is 129 Å². The normalized spacial score (nSPS) is 25.5. The van der Waals surface area contributed by atoms with Crippen molar-refractivity contribution in [1.82, 2.24) is 0 Å². The van der Waals surface area contributed by atoms with Gasteiger partial charge in [0.2, 0.25) is 0 Å². The number of unbranched alkanes of at least 4 members (excludes halogenated alkanes) is 18. The van der Waals surface area contributed by atoms with Gasteiger partial charge in [-0.15, -0.1) is 0 Å². The Morgan fingerprint density at radius 3 is 1.52 bits per heavy atom. The summed E-state index contributed by atoms with van der Waals surface area (Å²) >= 11 is 0. The highest BCUT2D eigenvalue weighted by molar-refractivity contribution is 4.95. The van der Waals surface area contributed by atoms with Crippen molar-refractivity contribution >= 4 is 0 Å². The molecule has 0 bridgehead atoms. The molecule has 7 nitrogen and oxygen atoms in total. The molecule has 2 aliphatic heterocycles. The number of hydrogen-bond donors (Lipinski definition) is 1. The molecule has 0 unspecified atom stereocenters. The third kappa shape index (κ3) is 16.2. The Morgan fingerprint density at radius 1 is 0.595 bits per heavy atom. The lowest BCUT2D eigenvalue weighted by Gasteiger charge is -2.50. The molecule has 2 rings (SSSR count). The zero-order valence-electron chi connectivity index (χ0n) is 28.0. The van der Waals surface area contributed by atoms with Crippen molar-refractivity contribution in [3.63, 3.8) is 0 Å². The molecule has 2 saturated heterocycles. The molecule has 250 valence electrons. The Balaban J connectivity index is 1.81. The van der Waals surface area contributed by atoms with Crippen LogP contribution in [-0.2, 0) is 28.4 Å². The minimum absolute atomic E-state index is 0.0662. The molecule has 0 aromatic carbocycles. The third-order valence-electron chi connectivity index (χ3n) is 8.60. The highest BCUT2D eigenvalue weighted by Gasteiger charge is 2.52. The number of fused-ring (bicyclic) bond motifs is 1. The van der Waals surface area contributed by atoms with E-state index in [0.717, 1.165) is 19.3 Å². The summed E-state index contributed by atoms with van der Waals surface area (Å²) in [5.74, 6) is -0.705. The molecule has 7 heteroatoms. The van der Waals surface area contributed by atoms with E-state index in [4.69, 9.17) is 28.4 Å². The predicted molar refractivity (Wildman–Crippen MR) is 170 cm³/mol. The molecule has 0 saturated carbocycles. The van der Waals surface area contributed by atoms with E-state index in [-0.39, 0.29) is 31.5 Å². The van der Waals surface area contributed by atoms with E-state index in [9.17, 15) is 5.11 Å². The van der Waals surface area contributed by atoms with Gasteiger partial charge in [0.25, 0.3) is 0 Å². The Morgan fingerprint density at radius 2 is 1.05 bits per heavy atom. The summed E-state index contributed by atoms with van der Waals surface area (Å²) in [6.45, 7) is 10.3. The topological polar surface area (TPSA) is 75.6 Å². The van der Waals surface area contributed by atoms with Crippen LogP contribution in [0.1, 0.15) is 156 Å². The Kier molecular flexibility index (Phi) is 21.7. The summed E-state index contributed by atoms with van der Waals surface area (Å²) in [5, 5.41) is 9.44. The molecule has 5 atom stereocenters. The largest absolute Gasteiger partial charge is 0.394 e. The first-order valence-corrected chi connectivity index (χ1v) is 17.9. The third-order valence-corrected chi connectivity index (χ3v) is 8.60. The average Bonchev–Trinajstić information content (AvgIpc) is 2.98. The molecule has 2 heterocycles. The van der Waals surface area contributed by atoms with Crippen LogP contribution in [0, 0.1) is 0 Å². The fourth-order valence-electron chi connectivity index (χ4n) is 6.09. The van der Waals surface area contributed by atoms with E-state index in [1.54, 1.807) is 0 Å². The van der Waals surface area contributed by atoms with Crippen molar-refractivity contribution in [2.24, 2.45) is 0 Å². The molecule has 1 N–H and O–H groups in total. The highest BCUT2D eigenvalue weighted by atomic mass is 16.8. The van der Waals surface area contributed by atoms with Gasteiger partial charge in [-0.2, -0.15) is 0 Å². The van der Waals surface area contributed by atoms with Crippen LogP contribution < -0.4 is 0 Å². The monoisotopic (exact) mass is 600 g/mol. The molecular weight excluding hydrogens is 532 g/mol. The second kappa shape index (κ2) is 24.0. The van der Waals surface area contributed by atoms with Crippen molar-refractivity contribution < 1.29 is 33.5 Å². The Labute approximate surface area is 259 Å². The minimum atomic E-state index is -0.705. The maximum atomic E-state index is 9.44. The van der Waals surface area contributed by atoms with Gasteiger partial charge in [0, 0.05) is 13.2 Å². The van der Waals surface area contributed by atoms with Gasteiger partial charge in [-0.05, 0) is 26.7 Å². The SMILES string of the molecule is CCCCCCCCCCCCO[C@@H]1[C@@H](OCCCCCCCCCCCC)[C@@H](OCCO)O[C@@H]2COC(C)(C)O[C@@H]12. The molecule has 0 radical (unpaired) electrons. The zero-order chi connectivity index (χ0) is 30.3. The molecule has 0 aliphatic carbocycles. The number of aliphatic hydroxyl groups excluding tert-OH is 1. The van der Waals surface area contributed by atoms with E-state index >= 15 is 0 Å². The van der Waals surface area contributed by atoms with Gasteiger partial charge in [0.05, 0.1) is 19.8 Å². The quantitative estimate of drug-likeness (QED) is 0.0948. The lowest BCUT2D eigenvalue weighted by molar-refractivity contribution is -0.389.